The van der Waals surface area contributed by atoms with Gasteiger partial charge in [-0.1, -0.05) is 19.4 Å². The highest BCUT2D eigenvalue weighted by atomic mass is 32.2. The Kier molecular flexibility index (Phi) is 8.89. The number of hydrogen-bond donors (Lipinski definition) is 1. The minimum absolute atomic E-state index is 0.0217. The van der Waals surface area contributed by atoms with Gasteiger partial charge in [-0.15, -0.1) is 18.3 Å². The Morgan fingerprint density at radius 1 is 1.36 bits per heavy atom. The third-order valence-electron chi connectivity index (χ3n) is 7.50. The first-order valence-electron chi connectivity index (χ1n) is 12.5. The fourth-order valence-electron chi connectivity index (χ4n) is 6.11. The van der Waals surface area contributed by atoms with Crippen molar-refractivity contribution in [3.8, 4) is 0 Å². The van der Waals surface area contributed by atoms with Gasteiger partial charge < -0.3 is 19.6 Å². The average Bonchev–Trinajstić information content (AvgIpc) is 3.42. The van der Waals surface area contributed by atoms with Crippen molar-refractivity contribution >= 4 is 29.5 Å². The fraction of sp³-hybridized carbons (Fsp3) is 0.800. The van der Waals surface area contributed by atoms with Crippen LogP contribution < -0.4 is 0 Å². The van der Waals surface area contributed by atoms with E-state index in [0.29, 0.717) is 19.5 Å². The number of amides is 2. The van der Waals surface area contributed by atoms with Gasteiger partial charge in [0.1, 0.15) is 6.04 Å². The molecular formula is C25H40N2O5S. The molecule has 3 aliphatic heterocycles. The molecule has 7 nitrogen and oxygen atoms in total. The smallest absolute Gasteiger partial charge is 0.310 e. The maximum absolute atomic E-state index is 14.1. The molecule has 3 heterocycles. The van der Waals surface area contributed by atoms with Gasteiger partial charge in [0.05, 0.1) is 23.2 Å². The number of aliphatic hydroxyl groups is 1. The standard InChI is InChI=1S/C25H40N2O5S/c1-5-11-17(4)26(14-6-2)23(30)21-25-13-12-18(33-25)19(24(31)32-7-3)20(25)22(29)27(21)15-9-8-10-16-28/h6,17-21,28H,2,5,7-16H2,1,3-4H3/t17?,18-,19+,20+,21?,25?/m1/s1. The summed E-state index contributed by atoms with van der Waals surface area (Å²) in [7, 11) is 0. The van der Waals surface area contributed by atoms with Gasteiger partial charge in [-0.25, -0.2) is 0 Å². The molecule has 0 saturated carbocycles. The number of unbranched alkanes of at least 4 members (excludes halogenated alkanes) is 2. The summed E-state index contributed by atoms with van der Waals surface area (Å²) in [6.45, 7) is 11.1. The molecule has 3 unspecified atom stereocenters. The summed E-state index contributed by atoms with van der Waals surface area (Å²) >= 11 is 1.68. The van der Waals surface area contributed by atoms with E-state index in [0.717, 1.165) is 38.5 Å². The number of ether oxygens (including phenoxy) is 1. The molecule has 0 radical (unpaired) electrons. The molecule has 0 aromatic carbocycles. The third kappa shape index (κ3) is 4.70. The van der Waals surface area contributed by atoms with Crippen LogP contribution in [0, 0.1) is 11.8 Å². The number of carbonyl (C=O) groups excluding carboxylic acids is 3. The summed E-state index contributed by atoms with van der Waals surface area (Å²) in [5, 5.41) is 9.18. The molecule has 8 heteroatoms. The number of rotatable bonds is 13. The van der Waals surface area contributed by atoms with E-state index in [4.69, 9.17) is 9.84 Å². The molecular weight excluding hydrogens is 440 g/mol. The molecule has 6 atom stereocenters. The van der Waals surface area contributed by atoms with Crippen LogP contribution >= 0.6 is 11.8 Å². The number of esters is 1. The van der Waals surface area contributed by atoms with E-state index in [9.17, 15) is 14.4 Å². The van der Waals surface area contributed by atoms with E-state index >= 15 is 0 Å². The molecule has 1 spiro atoms. The maximum atomic E-state index is 14.1. The molecule has 33 heavy (non-hydrogen) atoms. The monoisotopic (exact) mass is 480 g/mol. The number of aliphatic hydroxyl groups excluding tert-OH is 1. The zero-order valence-electron chi connectivity index (χ0n) is 20.3. The number of carbonyl (C=O) groups is 3. The highest BCUT2D eigenvalue weighted by Gasteiger charge is 2.74. The lowest BCUT2D eigenvalue weighted by Crippen LogP contribution is -2.56. The Labute approximate surface area is 202 Å². The van der Waals surface area contributed by atoms with Crippen LogP contribution in [-0.2, 0) is 19.1 Å². The first-order valence-corrected chi connectivity index (χ1v) is 13.4. The first-order chi connectivity index (χ1) is 15.9. The van der Waals surface area contributed by atoms with Crippen LogP contribution in [0.15, 0.2) is 12.7 Å². The third-order valence-corrected chi connectivity index (χ3v) is 9.45. The molecule has 2 bridgehead atoms. The second-order valence-corrected chi connectivity index (χ2v) is 11.1. The molecule has 2 amide bonds. The summed E-state index contributed by atoms with van der Waals surface area (Å²) in [5.41, 5.74) is 0. The summed E-state index contributed by atoms with van der Waals surface area (Å²) < 4.78 is 4.80. The minimum Gasteiger partial charge on any atom is -0.466 e. The zero-order chi connectivity index (χ0) is 24.2. The Morgan fingerprint density at radius 3 is 2.76 bits per heavy atom. The second-order valence-electron chi connectivity index (χ2n) is 9.54. The predicted molar refractivity (Wildman–Crippen MR) is 130 cm³/mol. The van der Waals surface area contributed by atoms with Crippen LogP contribution in [0.3, 0.4) is 0 Å². The molecule has 1 N–H and O–H groups in total. The lowest BCUT2D eigenvalue weighted by atomic mass is 9.71. The normalized spacial score (nSPS) is 30.9. The molecule has 186 valence electrons. The Bertz CT molecular complexity index is 746. The van der Waals surface area contributed by atoms with Gasteiger partial charge in [0.15, 0.2) is 0 Å². The van der Waals surface area contributed by atoms with Crippen LogP contribution in [0.5, 0.6) is 0 Å². The van der Waals surface area contributed by atoms with Crippen molar-refractivity contribution in [1.82, 2.24) is 9.80 Å². The molecule has 0 aliphatic carbocycles. The van der Waals surface area contributed by atoms with Gasteiger partial charge in [-0.05, 0) is 52.4 Å². The van der Waals surface area contributed by atoms with Crippen molar-refractivity contribution in [3.05, 3.63) is 12.7 Å². The van der Waals surface area contributed by atoms with Crippen LogP contribution in [0.25, 0.3) is 0 Å². The summed E-state index contributed by atoms with van der Waals surface area (Å²) in [6, 6.07) is -0.524. The van der Waals surface area contributed by atoms with E-state index in [2.05, 4.69) is 20.4 Å². The first kappa shape index (κ1) is 26.1. The average molecular weight is 481 g/mol. The topological polar surface area (TPSA) is 87.2 Å². The molecule has 3 aliphatic rings. The molecule has 3 rings (SSSR count). The van der Waals surface area contributed by atoms with Gasteiger partial charge in [-0.2, -0.15) is 0 Å². The maximum Gasteiger partial charge on any atom is 0.310 e. The van der Waals surface area contributed by atoms with Crippen molar-refractivity contribution < 1.29 is 24.2 Å². The highest BCUT2D eigenvalue weighted by Crippen LogP contribution is 2.66. The van der Waals surface area contributed by atoms with E-state index < -0.39 is 22.6 Å². The van der Waals surface area contributed by atoms with E-state index in [1.807, 2.05) is 4.90 Å². The molecule has 3 saturated heterocycles. The summed E-state index contributed by atoms with van der Waals surface area (Å²) in [5.74, 6) is -1.38. The van der Waals surface area contributed by atoms with E-state index in [1.165, 1.54) is 0 Å². The number of nitrogens with zero attached hydrogens (tertiary/aromatic N) is 2. The van der Waals surface area contributed by atoms with E-state index in [-0.39, 0.29) is 42.3 Å². The molecule has 0 aromatic rings. The van der Waals surface area contributed by atoms with Gasteiger partial charge in [0, 0.05) is 31.0 Å². The highest BCUT2D eigenvalue weighted by molar-refractivity contribution is 8.02. The number of thioether (sulfide) groups is 1. The number of fused-ring (bicyclic) bond motifs is 1. The van der Waals surface area contributed by atoms with E-state index in [1.54, 1.807) is 29.7 Å². The van der Waals surface area contributed by atoms with Gasteiger partial charge in [-0.3, -0.25) is 14.4 Å². The van der Waals surface area contributed by atoms with Crippen molar-refractivity contribution in [2.45, 2.75) is 87.8 Å². The van der Waals surface area contributed by atoms with Crippen LogP contribution in [0.4, 0.5) is 0 Å². The van der Waals surface area contributed by atoms with Crippen LogP contribution in [-0.4, -0.2) is 81.1 Å². The van der Waals surface area contributed by atoms with Crippen LogP contribution in [0.2, 0.25) is 0 Å². The lowest BCUT2D eigenvalue weighted by molar-refractivity contribution is -0.153. The fourth-order valence-corrected chi connectivity index (χ4v) is 8.31. The Balaban J connectivity index is 1.97. The molecule has 3 fully saturated rings. The van der Waals surface area contributed by atoms with Crippen molar-refractivity contribution in [1.29, 1.82) is 0 Å². The quantitative estimate of drug-likeness (QED) is 0.248. The van der Waals surface area contributed by atoms with Gasteiger partial charge in [0.2, 0.25) is 11.8 Å². The zero-order valence-corrected chi connectivity index (χ0v) is 21.1. The Hall–Kier alpha value is -1.54. The van der Waals surface area contributed by atoms with Crippen molar-refractivity contribution in [2.75, 3.05) is 26.3 Å². The second kappa shape index (κ2) is 11.3. The van der Waals surface area contributed by atoms with Crippen molar-refractivity contribution in [2.24, 2.45) is 11.8 Å². The number of hydrogen-bond acceptors (Lipinski definition) is 6. The lowest BCUT2D eigenvalue weighted by Gasteiger charge is -2.39. The molecule has 0 aromatic heterocycles. The van der Waals surface area contributed by atoms with Gasteiger partial charge >= 0.3 is 5.97 Å². The van der Waals surface area contributed by atoms with Crippen molar-refractivity contribution in [3.63, 3.8) is 0 Å². The predicted octanol–water partition coefficient (Wildman–Crippen LogP) is 3.01. The van der Waals surface area contributed by atoms with Crippen LogP contribution in [0.1, 0.15) is 65.7 Å². The summed E-state index contributed by atoms with van der Waals surface area (Å²) in [6.07, 6.45) is 7.38. The number of likely N-dealkylation sites (tertiary alicyclic amines) is 1. The minimum atomic E-state index is -0.571. The summed E-state index contributed by atoms with van der Waals surface area (Å²) in [4.78, 5) is 44.5. The Morgan fingerprint density at radius 2 is 2.12 bits per heavy atom. The largest absolute Gasteiger partial charge is 0.466 e. The SMILES string of the molecule is C=CCN(C(=O)C1N(CCCCCO)C(=O)[C@@H]2[C@@H](C(=O)OCC)[C@H]3CCC12S3)C(C)CCC. The van der Waals surface area contributed by atoms with Gasteiger partial charge in [0.25, 0.3) is 0 Å².